The van der Waals surface area contributed by atoms with Gasteiger partial charge < -0.3 is 15.0 Å². The molecule has 2 amide bonds. The van der Waals surface area contributed by atoms with Gasteiger partial charge in [0.25, 0.3) is 5.91 Å². The molecule has 0 aliphatic carbocycles. The largest absolute Gasteiger partial charge is 0.497 e. The first-order valence-electron chi connectivity index (χ1n) is 12.1. The monoisotopic (exact) mass is 491 g/mol. The lowest BCUT2D eigenvalue weighted by molar-refractivity contribution is -0.126. The number of methoxy groups -OCH3 is 1. The summed E-state index contributed by atoms with van der Waals surface area (Å²) in [6, 6.07) is 15.9. The Morgan fingerprint density at radius 1 is 1.09 bits per heavy atom. The Labute approximate surface area is 211 Å². The third-order valence-corrected chi connectivity index (χ3v) is 8.06. The molecule has 35 heavy (non-hydrogen) atoms. The van der Waals surface area contributed by atoms with E-state index in [4.69, 9.17) is 4.74 Å². The molecular formula is C28H33N3O3S. The minimum Gasteiger partial charge on any atom is -0.497 e. The van der Waals surface area contributed by atoms with Crippen molar-refractivity contribution in [3.05, 3.63) is 70.2 Å². The molecule has 6 nitrogen and oxygen atoms in total. The van der Waals surface area contributed by atoms with Crippen LogP contribution in [-0.4, -0.2) is 41.9 Å². The van der Waals surface area contributed by atoms with Crippen LogP contribution in [0.5, 0.6) is 5.75 Å². The van der Waals surface area contributed by atoms with Crippen LogP contribution in [0.25, 0.3) is 10.6 Å². The fraction of sp³-hybridized carbons (Fsp3) is 0.393. The van der Waals surface area contributed by atoms with Gasteiger partial charge in [0.15, 0.2) is 0 Å². The Kier molecular flexibility index (Phi) is 7.86. The minimum absolute atomic E-state index is 0.0495. The zero-order valence-electron chi connectivity index (χ0n) is 20.8. The van der Waals surface area contributed by atoms with Gasteiger partial charge in [0.05, 0.1) is 12.8 Å². The van der Waals surface area contributed by atoms with E-state index in [9.17, 15) is 9.59 Å². The highest BCUT2D eigenvalue weighted by Crippen LogP contribution is 2.31. The third-order valence-electron chi connectivity index (χ3n) is 6.86. The van der Waals surface area contributed by atoms with Crippen molar-refractivity contribution in [2.75, 3.05) is 20.2 Å². The van der Waals surface area contributed by atoms with Crippen LogP contribution >= 0.6 is 11.3 Å². The van der Waals surface area contributed by atoms with Crippen molar-refractivity contribution < 1.29 is 14.3 Å². The number of amides is 2. The third kappa shape index (κ3) is 5.90. The van der Waals surface area contributed by atoms with Gasteiger partial charge in [0, 0.05) is 31.1 Å². The van der Waals surface area contributed by atoms with Gasteiger partial charge in [-0.15, -0.1) is 11.3 Å². The molecule has 1 aromatic heterocycles. The summed E-state index contributed by atoms with van der Waals surface area (Å²) in [5, 5.41) is 3.93. The van der Waals surface area contributed by atoms with Crippen LogP contribution in [0.15, 0.2) is 48.5 Å². The number of benzene rings is 2. The lowest BCUT2D eigenvalue weighted by Gasteiger charge is -2.34. The maximum Gasteiger partial charge on any atom is 0.265 e. The molecule has 1 atom stereocenters. The molecule has 1 aliphatic rings. The van der Waals surface area contributed by atoms with Gasteiger partial charge in [-0.25, -0.2) is 4.98 Å². The van der Waals surface area contributed by atoms with Crippen molar-refractivity contribution in [2.45, 2.75) is 40.2 Å². The number of piperidine rings is 1. The second kappa shape index (κ2) is 11.0. The summed E-state index contributed by atoms with van der Waals surface area (Å²) < 4.78 is 5.18. The summed E-state index contributed by atoms with van der Waals surface area (Å²) in [7, 11) is 1.64. The summed E-state index contributed by atoms with van der Waals surface area (Å²) in [5.41, 5.74) is 4.06. The smallest absolute Gasteiger partial charge is 0.265 e. The number of hydrogen-bond donors (Lipinski definition) is 1. The fourth-order valence-electron chi connectivity index (χ4n) is 4.47. The van der Waals surface area contributed by atoms with E-state index in [1.165, 1.54) is 16.9 Å². The number of aryl methyl sites for hydroxylation is 2. The molecule has 1 aliphatic heterocycles. The van der Waals surface area contributed by atoms with Crippen LogP contribution in [-0.2, 0) is 11.3 Å². The topological polar surface area (TPSA) is 71.5 Å². The minimum atomic E-state index is -0.0937. The second-order valence-electron chi connectivity index (χ2n) is 9.28. The van der Waals surface area contributed by atoms with E-state index in [0.29, 0.717) is 24.5 Å². The molecular weight excluding hydrogens is 458 g/mol. The molecule has 7 heteroatoms. The predicted molar refractivity (Wildman–Crippen MR) is 140 cm³/mol. The maximum absolute atomic E-state index is 13.2. The van der Waals surface area contributed by atoms with Crippen molar-refractivity contribution in [3.63, 3.8) is 0 Å². The lowest BCUT2D eigenvalue weighted by atomic mass is 9.84. The van der Waals surface area contributed by atoms with E-state index in [1.807, 2.05) is 43.0 Å². The molecule has 3 aromatic rings. The molecule has 184 valence electrons. The van der Waals surface area contributed by atoms with Crippen LogP contribution in [0.3, 0.4) is 0 Å². The van der Waals surface area contributed by atoms with Crippen molar-refractivity contribution in [1.82, 2.24) is 15.2 Å². The highest BCUT2D eigenvalue weighted by atomic mass is 32.1. The van der Waals surface area contributed by atoms with Crippen LogP contribution in [0.1, 0.15) is 46.3 Å². The first-order valence-corrected chi connectivity index (χ1v) is 12.9. The van der Waals surface area contributed by atoms with Gasteiger partial charge in [0.2, 0.25) is 5.91 Å². The first-order chi connectivity index (χ1) is 16.9. The number of aromatic nitrogens is 1. The van der Waals surface area contributed by atoms with E-state index in [2.05, 4.69) is 41.5 Å². The normalized spacial score (nSPS) is 15.0. The van der Waals surface area contributed by atoms with Crippen molar-refractivity contribution >= 4 is 23.2 Å². The van der Waals surface area contributed by atoms with Crippen molar-refractivity contribution in [3.8, 4) is 16.3 Å². The average molecular weight is 492 g/mol. The predicted octanol–water partition coefficient (Wildman–Crippen LogP) is 5.24. The number of hydrogen-bond acceptors (Lipinski definition) is 5. The van der Waals surface area contributed by atoms with E-state index < -0.39 is 0 Å². The Morgan fingerprint density at radius 2 is 1.74 bits per heavy atom. The van der Waals surface area contributed by atoms with Crippen LogP contribution in [0.4, 0.5) is 0 Å². The molecule has 0 spiro atoms. The number of thiazole rings is 1. The zero-order valence-corrected chi connectivity index (χ0v) is 21.7. The molecule has 0 saturated carbocycles. The van der Waals surface area contributed by atoms with Crippen molar-refractivity contribution in [2.24, 2.45) is 11.8 Å². The molecule has 2 aromatic carbocycles. The fourth-order valence-corrected chi connectivity index (χ4v) is 5.51. The van der Waals surface area contributed by atoms with Crippen molar-refractivity contribution in [1.29, 1.82) is 0 Å². The Balaban J connectivity index is 1.30. The van der Waals surface area contributed by atoms with Crippen LogP contribution in [0, 0.1) is 25.7 Å². The van der Waals surface area contributed by atoms with Gasteiger partial charge in [-0.2, -0.15) is 0 Å². The number of likely N-dealkylation sites (tertiary alicyclic amines) is 1. The van der Waals surface area contributed by atoms with Gasteiger partial charge in [-0.05, 0) is 50.3 Å². The highest BCUT2D eigenvalue weighted by Gasteiger charge is 2.31. The van der Waals surface area contributed by atoms with Gasteiger partial charge >= 0.3 is 0 Å². The summed E-state index contributed by atoms with van der Waals surface area (Å²) in [5.74, 6) is 1.08. The molecule has 4 rings (SSSR count). The maximum atomic E-state index is 13.2. The number of carbonyl (C=O) groups excluding carboxylic acids is 2. The molecule has 0 unspecified atom stereocenters. The molecule has 0 radical (unpaired) electrons. The number of ether oxygens (including phenoxy) is 1. The Bertz CT molecular complexity index is 1160. The Hall–Kier alpha value is -3.19. The summed E-state index contributed by atoms with van der Waals surface area (Å²) in [6.45, 7) is 7.78. The van der Waals surface area contributed by atoms with E-state index >= 15 is 0 Å². The Morgan fingerprint density at radius 3 is 2.37 bits per heavy atom. The first kappa shape index (κ1) is 24.9. The zero-order chi connectivity index (χ0) is 24.9. The molecule has 1 saturated heterocycles. The number of rotatable bonds is 7. The van der Waals surface area contributed by atoms with E-state index in [0.717, 1.165) is 40.4 Å². The van der Waals surface area contributed by atoms with E-state index in [1.54, 1.807) is 7.11 Å². The average Bonchev–Trinajstić information content (AvgIpc) is 3.28. The molecule has 1 fully saturated rings. The second-order valence-corrected chi connectivity index (χ2v) is 10.3. The summed E-state index contributed by atoms with van der Waals surface area (Å²) in [6.07, 6.45) is 1.65. The van der Waals surface area contributed by atoms with Gasteiger partial charge in [0.1, 0.15) is 15.6 Å². The molecule has 1 N–H and O–H groups in total. The van der Waals surface area contributed by atoms with Gasteiger partial charge in [-0.1, -0.05) is 48.9 Å². The standard InChI is InChI=1S/C28H33N3O3S/c1-18-5-9-23(10-6-18)27-30-20(3)25(35-27)28(33)31-15-13-22(14-16-31)19(2)26(32)29-17-21-7-11-24(34-4)12-8-21/h5-12,19,22H,13-17H2,1-4H3,(H,29,32)/t19-/m0/s1. The summed E-state index contributed by atoms with van der Waals surface area (Å²) in [4.78, 5) is 33.3. The SMILES string of the molecule is COc1ccc(CNC(=O)[C@@H](C)C2CCN(C(=O)c3sc(-c4ccc(C)cc4)nc3C)CC2)cc1. The lowest BCUT2D eigenvalue weighted by Crippen LogP contribution is -2.42. The number of nitrogens with zero attached hydrogens (tertiary/aromatic N) is 2. The van der Waals surface area contributed by atoms with Crippen LogP contribution < -0.4 is 10.1 Å². The van der Waals surface area contributed by atoms with Gasteiger partial charge in [-0.3, -0.25) is 9.59 Å². The van der Waals surface area contributed by atoms with E-state index in [-0.39, 0.29) is 23.7 Å². The number of carbonyl (C=O) groups is 2. The number of nitrogens with one attached hydrogen (secondary N) is 1. The quantitative estimate of drug-likeness (QED) is 0.491. The molecule has 2 heterocycles. The van der Waals surface area contributed by atoms with Crippen LogP contribution in [0.2, 0.25) is 0 Å². The summed E-state index contributed by atoms with van der Waals surface area (Å²) >= 11 is 1.46. The molecule has 0 bridgehead atoms. The highest BCUT2D eigenvalue weighted by molar-refractivity contribution is 7.17.